The smallest absolute Gasteiger partial charge is 0.264 e. The Labute approximate surface area is 198 Å². The summed E-state index contributed by atoms with van der Waals surface area (Å²) in [5, 5.41) is 3.16. The minimum atomic E-state index is -4.05. The number of sulfonamides is 1. The number of nitrogens with one attached hydrogen (secondary N) is 1. The average molecular weight is 487 g/mol. The number of rotatable bonds is 10. The second-order valence-corrected chi connectivity index (χ2v) is 9.13. The van der Waals surface area contributed by atoms with Crippen LogP contribution in [0.15, 0.2) is 90.3 Å². The van der Waals surface area contributed by atoms with Gasteiger partial charge < -0.3 is 14.8 Å². The Bertz CT molecular complexity index is 1200. The van der Waals surface area contributed by atoms with Crippen molar-refractivity contribution in [2.75, 3.05) is 29.9 Å². The van der Waals surface area contributed by atoms with Crippen LogP contribution in [0.3, 0.4) is 0 Å². The fourth-order valence-electron chi connectivity index (χ4n) is 2.92. The summed E-state index contributed by atoms with van der Waals surface area (Å²) in [6, 6.07) is 18.9. The lowest BCUT2D eigenvalue weighted by atomic mass is 10.3. The third-order valence-electron chi connectivity index (χ3n) is 4.56. The van der Waals surface area contributed by atoms with E-state index >= 15 is 0 Å². The minimum Gasteiger partial charge on any atom is -0.497 e. The molecule has 0 aliphatic rings. The van der Waals surface area contributed by atoms with Crippen molar-refractivity contribution in [3.63, 3.8) is 0 Å². The van der Waals surface area contributed by atoms with Crippen molar-refractivity contribution in [3.05, 3.63) is 90.5 Å². The largest absolute Gasteiger partial charge is 0.497 e. The monoisotopic (exact) mass is 486 g/mol. The molecule has 1 N–H and O–H groups in total. The number of nitrogens with zero attached hydrogens (tertiary/aromatic N) is 1. The van der Waals surface area contributed by atoms with Crippen molar-refractivity contribution in [2.24, 2.45) is 0 Å². The molecule has 3 aromatic carbocycles. The summed E-state index contributed by atoms with van der Waals surface area (Å²) >= 11 is 5.96. The van der Waals surface area contributed by atoms with Crippen LogP contribution in [0.1, 0.15) is 0 Å². The lowest BCUT2D eigenvalue weighted by molar-refractivity contribution is -0.114. The maximum atomic E-state index is 13.4. The zero-order chi connectivity index (χ0) is 23.8. The van der Waals surface area contributed by atoms with Gasteiger partial charge in [-0.3, -0.25) is 9.10 Å². The maximum absolute atomic E-state index is 13.4. The molecule has 0 bridgehead atoms. The predicted octanol–water partition coefficient (Wildman–Crippen LogP) is 4.75. The van der Waals surface area contributed by atoms with E-state index in [2.05, 4.69) is 11.9 Å². The lowest BCUT2D eigenvalue weighted by Gasteiger charge is -2.24. The highest BCUT2D eigenvalue weighted by Gasteiger charge is 2.27. The average Bonchev–Trinajstić information content (AvgIpc) is 2.83. The Kier molecular flexibility index (Phi) is 7.97. The third kappa shape index (κ3) is 6.27. The second-order valence-electron chi connectivity index (χ2n) is 6.84. The van der Waals surface area contributed by atoms with E-state index in [0.29, 0.717) is 34.5 Å². The van der Waals surface area contributed by atoms with Crippen LogP contribution in [-0.2, 0) is 14.8 Å². The molecule has 3 aromatic rings. The van der Waals surface area contributed by atoms with Gasteiger partial charge in [0.05, 0.1) is 17.7 Å². The molecule has 0 radical (unpaired) electrons. The molecule has 0 aromatic heterocycles. The molecule has 0 spiro atoms. The molecule has 33 heavy (non-hydrogen) atoms. The van der Waals surface area contributed by atoms with E-state index in [0.717, 1.165) is 4.31 Å². The topological polar surface area (TPSA) is 84.9 Å². The number of methoxy groups -OCH3 is 1. The first kappa shape index (κ1) is 24.2. The normalized spacial score (nSPS) is 10.8. The van der Waals surface area contributed by atoms with E-state index in [4.69, 9.17) is 21.1 Å². The van der Waals surface area contributed by atoms with Crippen molar-refractivity contribution in [3.8, 4) is 11.5 Å². The Morgan fingerprint density at radius 1 is 1.00 bits per heavy atom. The number of anilines is 2. The van der Waals surface area contributed by atoms with E-state index in [1.165, 1.54) is 19.2 Å². The number of benzene rings is 3. The number of carbonyl (C=O) groups is 1. The molecule has 0 saturated carbocycles. The summed E-state index contributed by atoms with van der Waals surface area (Å²) in [7, 11) is -2.56. The van der Waals surface area contributed by atoms with Gasteiger partial charge in [-0.05, 0) is 72.8 Å². The highest BCUT2D eigenvalue weighted by atomic mass is 35.5. The van der Waals surface area contributed by atoms with E-state index in [-0.39, 0.29) is 4.90 Å². The first-order valence-electron chi connectivity index (χ1n) is 9.89. The molecule has 3 rings (SSSR count). The van der Waals surface area contributed by atoms with Crippen molar-refractivity contribution >= 4 is 38.9 Å². The summed E-state index contributed by atoms with van der Waals surface area (Å²) in [4.78, 5) is 12.8. The highest BCUT2D eigenvalue weighted by molar-refractivity contribution is 7.92. The van der Waals surface area contributed by atoms with Crippen molar-refractivity contribution in [1.29, 1.82) is 0 Å². The Morgan fingerprint density at radius 2 is 1.61 bits per heavy atom. The number of amides is 1. The number of carbonyl (C=O) groups excluding carboxylic acids is 1. The molecule has 0 saturated heterocycles. The van der Waals surface area contributed by atoms with E-state index < -0.39 is 22.5 Å². The summed E-state index contributed by atoms with van der Waals surface area (Å²) in [6.07, 6.45) is 1.63. The summed E-state index contributed by atoms with van der Waals surface area (Å²) in [6.45, 7) is 3.52. The molecule has 0 aliphatic carbocycles. The molecule has 9 heteroatoms. The number of hydrogen-bond donors (Lipinski definition) is 1. The summed E-state index contributed by atoms with van der Waals surface area (Å²) in [5.74, 6) is 0.629. The van der Waals surface area contributed by atoms with Crippen molar-refractivity contribution in [2.45, 2.75) is 4.90 Å². The van der Waals surface area contributed by atoms with Gasteiger partial charge in [-0.25, -0.2) is 8.42 Å². The van der Waals surface area contributed by atoms with Gasteiger partial charge in [-0.1, -0.05) is 24.3 Å². The molecule has 0 aliphatic heterocycles. The maximum Gasteiger partial charge on any atom is 0.264 e. The van der Waals surface area contributed by atoms with Gasteiger partial charge in [-0.2, -0.15) is 0 Å². The molecule has 0 unspecified atom stereocenters. The van der Waals surface area contributed by atoms with Gasteiger partial charge in [0.2, 0.25) is 5.91 Å². The SMILES string of the molecule is C=CCOc1ccc(NC(=O)CN(c2ccc(Cl)cc2)S(=O)(=O)c2ccc(OC)cc2)cc1. The van der Waals surface area contributed by atoms with Crippen molar-refractivity contribution in [1.82, 2.24) is 0 Å². The zero-order valence-electron chi connectivity index (χ0n) is 17.9. The third-order valence-corrected chi connectivity index (χ3v) is 6.60. The van der Waals surface area contributed by atoms with Crippen molar-refractivity contribution < 1.29 is 22.7 Å². The Balaban J connectivity index is 1.84. The molecule has 7 nitrogen and oxygen atoms in total. The van der Waals surface area contributed by atoms with Crippen LogP contribution in [-0.4, -0.2) is 34.6 Å². The van der Waals surface area contributed by atoms with E-state index in [1.54, 1.807) is 66.7 Å². The van der Waals surface area contributed by atoms with Gasteiger partial charge in [0.25, 0.3) is 10.0 Å². The zero-order valence-corrected chi connectivity index (χ0v) is 19.5. The first-order valence-corrected chi connectivity index (χ1v) is 11.7. The molecule has 0 atom stereocenters. The quantitative estimate of drug-likeness (QED) is 0.418. The molecular weight excluding hydrogens is 464 g/mol. The molecule has 0 fully saturated rings. The number of halogens is 1. The summed E-state index contributed by atoms with van der Waals surface area (Å²) < 4.78 is 38.3. The fraction of sp³-hybridized carbons (Fsp3) is 0.125. The van der Waals surface area contributed by atoms with Crippen LogP contribution in [0.25, 0.3) is 0 Å². The van der Waals surface area contributed by atoms with Gasteiger partial charge >= 0.3 is 0 Å². The van der Waals surface area contributed by atoms with E-state index in [1.807, 2.05) is 0 Å². The Morgan fingerprint density at radius 3 is 2.18 bits per heavy atom. The predicted molar refractivity (Wildman–Crippen MR) is 130 cm³/mol. The standard InChI is InChI=1S/C24H23ClN2O5S/c1-3-16-32-22-10-6-19(7-11-22)26-24(28)17-27(20-8-4-18(25)5-9-20)33(29,30)23-14-12-21(31-2)13-15-23/h3-15H,1,16-17H2,2H3,(H,26,28). The summed E-state index contributed by atoms with van der Waals surface area (Å²) in [5.41, 5.74) is 0.808. The van der Waals surface area contributed by atoms with Crippen LogP contribution in [0.2, 0.25) is 5.02 Å². The second kappa shape index (κ2) is 10.9. The molecule has 0 heterocycles. The fourth-order valence-corrected chi connectivity index (χ4v) is 4.46. The van der Waals surface area contributed by atoms with Gasteiger partial charge in [0.15, 0.2) is 0 Å². The number of ether oxygens (including phenoxy) is 2. The molecule has 1 amide bonds. The molecular formula is C24H23ClN2O5S. The van der Waals surface area contributed by atoms with E-state index in [9.17, 15) is 13.2 Å². The van der Waals surface area contributed by atoms with Gasteiger partial charge in [0.1, 0.15) is 24.7 Å². The van der Waals surface area contributed by atoms with Gasteiger partial charge in [-0.15, -0.1) is 0 Å². The van der Waals surface area contributed by atoms with Gasteiger partial charge in [0, 0.05) is 10.7 Å². The van der Waals surface area contributed by atoms with Crippen LogP contribution >= 0.6 is 11.6 Å². The Hall–Kier alpha value is -3.49. The van der Waals surface area contributed by atoms with Crippen LogP contribution in [0.4, 0.5) is 11.4 Å². The lowest BCUT2D eigenvalue weighted by Crippen LogP contribution is -2.38. The number of hydrogen-bond acceptors (Lipinski definition) is 5. The first-order chi connectivity index (χ1) is 15.8. The van der Waals surface area contributed by atoms with Crippen LogP contribution in [0, 0.1) is 0 Å². The van der Waals surface area contributed by atoms with Crippen LogP contribution in [0.5, 0.6) is 11.5 Å². The van der Waals surface area contributed by atoms with Crippen LogP contribution < -0.4 is 19.1 Å². The molecule has 172 valence electrons. The minimum absolute atomic E-state index is 0.0229. The highest BCUT2D eigenvalue weighted by Crippen LogP contribution is 2.26.